The highest BCUT2D eigenvalue weighted by atomic mass is 35.5. The van der Waals surface area contributed by atoms with Crippen molar-refractivity contribution >= 4 is 46.6 Å². The van der Waals surface area contributed by atoms with E-state index in [1.165, 1.54) is 18.4 Å². The molecular weight excluding hydrogens is 519 g/mol. The van der Waals surface area contributed by atoms with Gasteiger partial charge in [-0.05, 0) is 42.2 Å². The minimum absolute atomic E-state index is 0.264. The first-order chi connectivity index (χ1) is 17.4. The number of esters is 1. The second kappa shape index (κ2) is 11.5. The van der Waals surface area contributed by atoms with Crippen molar-refractivity contribution < 1.29 is 14.3 Å². The average molecular weight is 545 g/mol. The Labute approximate surface area is 223 Å². The number of hydrogen-bond donors (Lipinski definition) is 0. The lowest BCUT2D eigenvalue weighted by molar-refractivity contribution is -0.136. The standard InChI is InChI=1S/C27H26Cl2N2O4S/c1-4-6-12-35-24-18(28)13-16(14-19(24)29)15-21-25(32)31-23(17-10-8-7-9-11-17)22(26(33)34-3)20(5-2)30-27(31)36-21/h7-11,13-15,23H,4-6,12H2,1-3H3/b21-15-/t23-/m0/s1. The van der Waals surface area contributed by atoms with Gasteiger partial charge in [0.15, 0.2) is 10.6 Å². The molecule has 0 unspecified atom stereocenters. The smallest absolute Gasteiger partial charge is 0.338 e. The molecule has 0 saturated heterocycles. The van der Waals surface area contributed by atoms with E-state index in [-0.39, 0.29) is 5.56 Å². The van der Waals surface area contributed by atoms with Gasteiger partial charge >= 0.3 is 5.97 Å². The number of fused-ring (bicyclic) bond motifs is 1. The van der Waals surface area contributed by atoms with E-state index in [1.54, 1.807) is 22.8 Å². The van der Waals surface area contributed by atoms with Gasteiger partial charge < -0.3 is 9.47 Å². The van der Waals surface area contributed by atoms with Crippen molar-refractivity contribution in [1.82, 2.24) is 4.57 Å². The van der Waals surface area contributed by atoms with Crippen LogP contribution in [-0.2, 0) is 9.53 Å². The Balaban J connectivity index is 1.87. The predicted octanol–water partition coefficient (Wildman–Crippen LogP) is 5.28. The molecule has 2 heterocycles. The summed E-state index contributed by atoms with van der Waals surface area (Å²) in [4.78, 5) is 31.7. The van der Waals surface area contributed by atoms with E-state index in [0.717, 1.165) is 18.4 Å². The molecule has 0 fully saturated rings. The van der Waals surface area contributed by atoms with Gasteiger partial charge in [0, 0.05) is 0 Å². The summed E-state index contributed by atoms with van der Waals surface area (Å²) in [6.45, 7) is 4.52. The highest BCUT2D eigenvalue weighted by molar-refractivity contribution is 7.07. The van der Waals surface area contributed by atoms with Crippen LogP contribution in [0.25, 0.3) is 6.08 Å². The molecule has 1 aliphatic rings. The number of carbonyl (C=O) groups is 1. The molecule has 0 aliphatic carbocycles. The number of nitrogens with zero attached hydrogens (tertiary/aromatic N) is 2. The summed E-state index contributed by atoms with van der Waals surface area (Å²) in [5.74, 6) is -0.0688. The molecule has 2 aromatic carbocycles. The fourth-order valence-electron chi connectivity index (χ4n) is 4.09. The molecule has 1 aliphatic heterocycles. The topological polar surface area (TPSA) is 69.9 Å². The zero-order chi connectivity index (χ0) is 25.8. The molecule has 0 bridgehead atoms. The van der Waals surface area contributed by atoms with Crippen LogP contribution in [0.3, 0.4) is 0 Å². The molecule has 0 spiro atoms. The fourth-order valence-corrected chi connectivity index (χ4v) is 5.72. The van der Waals surface area contributed by atoms with Crippen LogP contribution in [-0.4, -0.2) is 24.3 Å². The SMILES string of the molecule is CCCCOc1c(Cl)cc(/C=c2\sc3n(c2=O)[C@@H](c2ccccc2)C(C(=O)OC)=C(CC)N=3)cc1Cl. The minimum Gasteiger partial charge on any atom is -0.490 e. The molecule has 0 N–H and O–H groups in total. The van der Waals surface area contributed by atoms with Crippen LogP contribution in [0.5, 0.6) is 5.75 Å². The molecule has 6 nitrogen and oxygen atoms in total. The number of rotatable bonds is 8. The van der Waals surface area contributed by atoms with Crippen LogP contribution in [0, 0.1) is 0 Å². The number of thiazole rings is 1. The largest absolute Gasteiger partial charge is 0.490 e. The lowest BCUT2D eigenvalue weighted by Gasteiger charge is -2.25. The molecule has 0 amide bonds. The van der Waals surface area contributed by atoms with Crippen molar-refractivity contribution in [3.8, 4) is 5.75 Å². The van der Waals surface area contributed by atoms with Crippen LogP contribution in [0.2, 0.25) is 10.0 Å². The average Bonchev–Trinajstić information content (AvgIpc) is 3.19. The molecule has 188 valence electrons. The van der Waals surface area contributed by atoms with E-state index in [0.29, 0.717) is 55.0 Å². The molecule has 36 heavy (non-hydrogen) atoms. The molecule has 9 heteroatoms. The molecular formula is C27H26Cl2N2O4S. The highest BCUT2D eigenvalue weighted by Crippen LogP contribution is 2.35. The Hall–Kier alpha value is -2.87. The van der Waals surface area contributed by atoms with Gasteiger partial charge in [0.05, 0.1) is 45.6 Å². The number of ether oxygens (including phenoxy) is 2. The molecule has 1 aromatic heterocycles. The first-order valence-corrected chi connectivity index (χ1v) is 13.3. The maximum atomic E-state index is 13.7. The van der Waals surface area contributed by atoms with Crippen LogP contribution in [0.15, 0.2) is 63.5 Å². The van der Waals surface area contributed by atoms with Crippen molar-refractivity contribution in [2.75, 3.05) is 13.7 Å². The van der Waals surface area contributed by atoms with E-state index in [4.69, 9.17) is 32.7 Å². The van der Waals surface area contributed by atoms with Crippen molar-refractivity contribution in [3.05, 3.63) is 94.6 Å². The van der Waals surface area contributed by atoms with E-state index < -0.39 is 12.0 Å². The minimum atomic E-state index is -0.645. The lowest BCUT2D eigenvalue weighted by Crippen LogP contribution is -2.40. The number of halogens is 2. The second-order valence-electron chi connectivity index (χ2n) is 8.21. The summed E-state index contributed by atoms with van der Waals surface area (Å²) in [5, 5.41) is 0.752. The summed E-state index contributed by atoms with van der Waals surface area (Å²) in [5.41, 5.74) is 2.16. The number of hydrogen-bond acceptors (Lipinski definition) is 6. The van der Waals surface area contributed by atoms with E-state index in [2.05, 4.69) is 11.9 Å². The predicted molar refractivity (Wildman–Crippen MR) is 144 cm³/mol. The molecule has 0 radical (unpaired) electrons. The maximum absolute atomic E-state index is 13.7. The fraction of sp³-hybridized carbons (Fsp3) is 0.296. The van der Waals surface area contributed by atoms with Gasteiger partial charge in [-0.3, -0.25) is 9.36 Å². The summed E-state index contributed by atoms with van der Waals surface area (Å²) in [6, 6.07) is 12.2. The molecule has 1 atom stereocenters. The molecule has 3 aromatic rings. The summed E-state index contributed by atoms with van der Waals surface area (Å²) >= 11 is 14.1. The number of benzene rings is 2. The zero-order valence-corrected chi connectivity index (χ0v) is 22.5. The summed E-state index contributed by atoms with van der Waals surface area (Å²) < 4.78 is 12.8. The van der Waals surface area contributed by atoms with Gasteiger partial charge in [0.2, 0.25) is 0 Å². The van der Waals surface area contributed by atoms with Gasteiger partial charge in [0.1, 0.15) is 0 Å². The van der Waals surface area contributed by atoms with Crippen LogP contribution in [0.4, 0.5) is 0 Å². The number of unbranched alkanes of at least 4 members (excludes halogenated alkanes) is 1. The van der Waals surface area contributed by atoms with Crippen molar-refractivity contribution in [1.29, 1.82) is 0 Å². The van der Waals surface area contributed by atoms with E-state index >= 15 is 0 Å². The summed E-state index contributed by atoms with van der Waals surface area (Å²) in [7, 11) is 1.33. The Bertz CT molecular complexity index is 1470. The number of methoxy groups -OCH3 is 1. The third-order valence-electron chi connectivity index (χ3n) is 5.83. The molecule has 0 saturated carbocycles. The third kappa shape index (κ3) is 5.14. The van der Waals surface area contributed by atoms with Crippen LogP contribution >= 0.6 is 34.5 Å². The maximum Gasteiger partial charge on any atom is 0.338 e. The van der Waals surface area contributed by atoms with Gasteiger partial charge in [0.25, 0.3) is 5.56 Å². The Morgan fingerprint density at radius 2 is 1.86 bits per heavy atom. The lowest BCUT2D eigenvalue weighted by atomic mass is 9.95. The quantitative estimate of drug-likeness (QED) is 0.285. The Morgan fingerprint density at radius 3 is 2.47 bits per heavy atom. The summed E-state index contributed by atoms with van der Waals surface area (Å²) in [6.07, 6.45) is 4.14. The van der Waals surface area contributed by atoms with Crippen LogP contribution < -0.4 is 19.6 Å². The first-order valence-electron chi connectivity index (χ1n) is 11.7. The van der Waals surface area contributed by atoms with Gasteiger partial charge in [-0.15, -0.1) is 0 Å². The monoisotopic (exact) mass is 544 g/mol. The van der Waals surface area contributed by atoms with Crippen LogP contribution in [0.1, 0.15) is 50.3 Å². The Kier molecular flexibility index (Phi) is 8.34. The van der Waals surface area contributed by atoms with Crippen molar-refractivity contribution in [3.63, 3.8) is 0 Å². The third-order valence-corrected chi connectivity index (χ3v) is 7.37. The number of allylic oxidation sites excluding steroid dienone is 1. The van der Waals surface area contributed by atoms with E-state index in [9.17, 15) is 9.59 Å². The zero-order valence-electron chi connectivity index (χ0n) is 20.2. The van der Waals surface area contributed by atoms with E-state index in [1.807, 2.05) is 37.3 Å². The Morgan fingerprint density at radius 1 is 1.17 bits per heavy atom. The number of carbonyl (C=O) groups excluding carboxylic acids is 1. The van der Waals surface area contributed by atoms with Gasteiger partial charge in [-0.1, -0.05) is 85.1 Å². The van der Waals surface area contributed by atoms with Crippen molar-refractivity contribution in [2.24, 2.45) is 4.99 Å². The first kappa shape index (κ1) is 26.2. The van der Waals surface area contributed by atoms with Gasteiger partial charge in [-0.25, -0.2) is 9.79 Å². The normalized spacial score (nSPS) is 15.5. The highest BCUT2D eigenvalue weighted by Gasteiger charge is 2.33. The second-order valence-corrected chi connectivity index (χ2v) is 10.0. The van der Waals surface area contributed by atoms with Crippen molar-refractivity contribution in [2.45, 2.75) is 39.2 Å². The molecule has 4 rings (SSSR count). The number of aromatic nitrogens is 1. The van der Waals surface area contributed by atoms with Gasteiger partial charge in [-0.2, -0.15) is 0 Å².